The molecule has 0 aliphatic rings. The van der Waals surface area contributed by atoms with Crippen LogP contribution in [-0.2, 0) is 0 Å². The standard InChI is InChI=1S/C13H7BrFN/c14-13-11-5-4-10-8(2-1-3-12(10)15)9(11)6-7-16-13/h1-7H. The lowest BCUT2D eigenvalue weighted by Crippen LogP contribution is -1.84. The third-order valence-electron chi connectivity index (χ3n) is 2.70. The first kappa shape index (κ1) is 9.73. The predicted octanol–water partition coefficient (Wildman–Crippen LogP) is 4.29. The molecule has 0 spiro atoms. The minimum absolute atomic E-state index is 0.188. The molecule has 0 aliphatic heterocycles. The zero-order valence-corrected chi connectivity index (χ0v) is 9.83. The van der Waals surface area contributed by atoms with Crippen LogP contribution in [0.5, 0.6) is 0 Å². The van der Waals surface area contributed by atoms with Crippen LogP contribution in [0, 0.1) is 5.82 Å². The van der Waals surface area contributed by atoms with Crippen molar-refractivity contribution in [2.45, 2.75) is 0 Å². The molecule has 0 bridgehead atoms. The lowest BCUT2D eigenvalue weighted by atomic mass is 10.0. The maximum absolute atomic E-state index is 13.6. The van der Waals surface area contributed by atoms with Crippen molar-refractivity contribution >= 4 is 37.5 Å². The van der Waals surface area contributed by atoms with Crippen LogP contribution in [0.2, 0.25) is 0 Å². The molecule has 1 heterocycles. The summed E-state index contributed by atoms with van der Waals surface area (Å²) in [6, 6.07) is 10.7. The van der Waals surface area contributed by atoms with Crippen molar-refractivity contribution in [1.29, 1.82) is 0 Å². The molecule has 0 aliphatic carbocycles. The van der Waals surface area contributed by atoms with Crippen molar-refractivity contribution < 1.29 is 4.39 Å². The van der Waals surface area contributed by atoms with Crippen molar-refractivity contribution in [3.8, 4) is 0 Å². The SMILES string of the molecule is Fc1cccc2c1ccc1c(Br)nccc12. The molecule has 0 saturated carbocycles. The third kappa shape index (κ3) is 1.32. The molecular formula is C13H7BrFN. The molecule has 0 amide bonds. The Labute approximate surface area is 100 Å². The molecule has 0 radical (unpaired) electrons. The first-order valence-corrected chi connectivity index (χ1v) is 5.68. The van der Waals surface area contributed by atoms with Crippen LogP contribution >= 0.6 is 15.9 Å². The van der Waals surface area contributed by atoms with Crippen LogP contribution in [0.3, 0.4) is 0 Å². The van der Waals surface area contributed by atoms with E-state index >= 15 is 0 Å². The molecule has 3 aromatic rings. The van der Waals surface area contributed by atoms with Crippen molar-refractivity contribution in [1.82, 2.24) is 4.98 Å². The van der Waals surface area contributed by atoms with Gasteiger partial charge < -0.3 is 0 Å². The van der Waals surface area contributed by atoms with Crippen molar-refractivity contribution in [3.63, 3.8) is 0 Å². The minimum Gasteiger partial charge on any atom is -0.249 e. The van der Waals surface area contributed by atoms with Crippen molar-refractivity contribution in [2.24, 2.45) is 0 Å². The number of hydrogen-bond donors (Lipinski definition) is 0. The van der Waals surface area contributed by atoms with Gasteiger partial charge in [-0.05, 0) is 38.8 Å². The third-order valence-corrected chi connectivity index (χ3v) is 3.33. The van der Waals surface area contributed by atoms with Gasteiger partial charge in [-0.15, -0.1) is 0 Å². The molecule has 78 valence electrons. The van der Waals surface area contributed by atoms with Crippen LogP contribution < -0.4 is 0 Å². The molecule has 3 rings (SSSR count). The summed E-state index contributed by atoms with van der Waals surface area (Å²) in [5.41, 5.74) is 0. The van der Waals surface area contributed by atoms with Gasteiger partial charge in [0.2, 0.25) is 0 Å². The van der Waals surface area contributed by atoms with E-state index in [1.165, 1.54) is 6.07 Å². The summed E-state index contributed by atoms with van der Waals surface area (Å²) in [5, 5.41) is 3.58. The number of rotatable bonds is 0. The zero-order chi connectivity index (χ0) is 11.1. The summed E-state index contributed by atoms with van der Waals surface area (Å²) in [4.78, 5) is 4.16. The van der Waals surface area contributed by atoms with Crippen LogP contribution in [-0.4, -0.2) is 4.98 Å². The van der Waals surface area contributed by atoms with Gasteiger partial charge >= 0.3 is 0 Å². The zero-order valence-electron chi connectivity index (χ0n) is 8.24. The Morgan fingerprint density at radius 3 is 2.50 bits per heavy atom. The topological polar surface area (TPSA) is 12.9 Å². The molecule has 0 N–H and O–H groups in total. The van der Waals surface area contributed by atoms with E-state index < -0.39 is 0 Å². The van der Waals surface area contributed by atoms with Gasteiger partial charge in [0.1, 0.15) is 10.4 Å². The highest BCUT2D eigenvalue weighted by Crippen LogP contribution is 2.29. The Kier molecular flexibility index (Phi) is 2.14. The van der Waals surface area contributed by atoms with E-state index in [9.17, 15) is 4.39 Å². The number of fused-ring (bicyclic) bond motifs is 3. The van der Waals surface area contributed by atoms with Gasteiger partial charge in [0.25, 0.3) is 0 Å². The van der Waals surface area contributed by atoms with Gasteiger partial charge in [0.05, 0.1) is 0 Å². The number of nitrogens with zero attached hydrogens (tertiary/aromatic N) is 1. The quantitative estimate of drug-likeness (QED) is 0.441. The smallest absolute Gasteiger partial charge is 0.131 e. The highest BCUT2D eigenvalue weighted by molar-refractivity contribution is 9.10. The molecule has 16 heavy (non-hydrogen) atoms. The second-order valence-electron chi connectivity index (χ2n) is 3.60. The molecule has 1 aromatic heterocycles. The fourth-order valence-corrected chi connectivity index (χ4v) is 2.41. The minimum atomic E-state index is -0.188. The lowest BCUT2D eigenvalue weighted by Gasteiger charge is -2.05. The van der Waals surface area contributed by atoms with Gasteiger partial charge in [-0.1, -0.05) is 24.3 Å². The van der Waals surface area contributed by atoms with Crippen molar-refractivity contribution in [3.05, 3.63) is 53.0 Å². The van der Waals surface area contributed by atoms with Gasteiger partial charge in [0.15, 0.2) is 0 Å². The molecule has 0 fully saturated rings. The highest BCUT2D eigenvalue weighted by Gasteiger charge is 2.06. The van der Waals surface area contributed by atoms with Crippen LogP contribution in [0.1, 0.15) is 0 Å². The Bertz CT molecular complexity index is 633. The second-order valence-corrected chi connectivity index (χ2v) is 4.35. The molecule has 3 heteroatoms. The normalized spacial score (nSPS) is 11.1. The van der Waals surface area contributed by atoms with Crippen LogP contribution in [0.15, 0.2) is 47.2 Å². The summed E-state index contributed by atoms with van der Waals surface area (Å²) in [6.07, 6.45) is 1.72. The number of benzene rings is 2. The number of pyridine rings is 1. The van der Waals surface area contributed by atoms with Gasteiger partial charge in [0, 0.05) is 17.0 Å². The highest BCUT2D eigenvalue weighted by atomic mass is 79.9. The number of aromatic nitrogens is 1. The molecule has 1 nitrogen and oxygen atoms in total. The Balaban J connectivity index is 2.60. The predicted molar refractivity (Wildman–Crippen MR) is 66.9 cm³/mol. The summed E-state index contributed by atoms with van der Waals surface area (Å²) in [5.74, 6) is -0.188. The lowest BCUT2D eigenvalue weighted by molar-refractivity contribution is 0.640. The first-order chi connectivity index (χ1) is 7.77. The first-order valence-electron chi connectivity index (χ1n) is 4.89. The van der Waals surface area contributed by atoms with Crippen LogP contribution in [0.25, 0.3) is 21.5 Å². The van der Waals surface area contributed by atoms with E-state index in [1.54, 1.807) is 18.3 Å². The summed E-state index contributed by atoms with van der Waals surface area (Å²) < 4.78 is 14.4. The van der Waals surface area contributed by atoms with E-state index in [2.05, 4.69) is 20.9 Å². The number of halogens is 2. The Hall–Kier alpha value is -1.48. The van der Waals surface area contributed by atoms with E-state index in [1.807, 2.05) is 18.2 Å². The van der Waals surface area contributed by atoms with Crippen LogP contribution in [0.4, 0.5) is 4.39 Å². The van der Waals surface area contributed by atoms with E-state index in [0.29, 0.717) is 5.39 Å². The summed E-state index contributed by atoms with van der Waals surface area (Å²) >= 11 is 3.40. The van der Waals surface area contributed by atoms with Gasteiger partial charge in [-0.3, -0.25) is 0 Å². The fraction of sp³-hybridized carbons (Fsp3) is 0. The fourth-order valence-electron chi connectivity index (χ4n) is 1.95. The summed E-state index contributed by atoms with van der Waals surface area (Å²) in [7, 11) is 0. The maximum atomic E-state index is 13.6. The average molecular weight is 276 g/mol. The average Bonchev–Trinajstić information content (AvgIpc) is 2.30. The Morgan fingerprint density at radius 1 is 0.875 bits per heavy atom. The molecule has 0 atom stereocenters. The van der Waals surface area contributed by atoms with Crippen molar-refractivity contribution in [2.75, 3.05) is 0 Å². The monoisotopic (exact) mass is 275 g/mol. The molecule has 0 saturated heterocycles. The van der Waals surface area contributed by atoms with E-state index in [0.717, 1.165) is 20.8 Å². The van der Waals surface area contributed by atoms with Gasteiger partial charge in [-0.2, -0.15) is 0 Å². The second kappa shape index (κ2) is 3.52. The maximum Gasteiger partial charge on any atom is 0.131 e. The van der Waals surface area contributed by atoms with Gasteiger partial charge in [-0.25, -0.2) is 9.37 Å². The Morgan fingerprint density at radius 2 is 1.62 bits per heavy atom. The van der Waals surface area contributed by atoms with E-state index in [-0.39, 0.29) is 5.82 Å². The number of hydrogen-bond acceptors (Lipinski definition) is 1. The molecule has 0 unspecified atom stereocenters. The molecule has 2 aromatic carbocycles. The van der Waals surface area contributed by atoms with E-state index in [4.69, 9.17) is 0 Å². The summed E-state index contributed by atoms with van der Waals surface area (Å²) in [6.45, 7) is 0. The largest absolute Gasteiger partial charge is 0.249 e. The molecular weight excluding hydrogens is 269 g/mol.